The normalized spacial score (nSPS) is 18.6. The molecule has 0 bridgehead atoms. The van der Waals surface area contributed by atoms with Crippen LogP contribution in [0.4, 0.5) is 11.5 Å². The molecule has 0 spiro atoms. The molecule has 1 saturated heterocycles. The second kappa shape index (κ2) is 8.13. The van der Waals surface area contributed by atoms with Crippen LogP contribution in [-0.4, -0.2) is 18.1 Å². The monoisotopic (exact) mass is 386 g/mol. The standard InChI is InChI=1S/C24H26N4O/c1-2-4-21(5-3-1)29-16-17-6-8-19(9-7-17)23-27-22-14-20(15-26-24(22)28-23)18-10-12-25-13-11-18/h1-9,14-15,18,23,25,27H,10-13,16H2,(H,26,28). The quantitative estimate of drug-likeness (QED) is 0.595. The largest absolute Gasteiger partial charge is 0.489 e. The fraction of sp³-hybridized carbons (Fsp3) is 0.292. The molecule has 1 fully saturated rings. The number of nitrogens with zero attached hydrogens (tertiary/aromatic N) is 1. The third kappa shape index (κ3) is 4.05. The lowest BCUT2D eigenvalue weighted by atomic mass is 9.91. The Morgan fingerprint density at radius 2 is 1.69 bits per heavy atom. The predicted molar refractivity (Wildman–Crippen MR) is 116 cm³/mol. The van der Waals surface area contributed by atoms with E-state index in [0.717, 1.165) is 35.9 Å². The van der Waals surface area contributed by atoms with Gasteiger partial charge in [0.25, 0.3) is 0 Å². The van der Waals surface area contributed by atoms with Crippen LogP contribution in [0.15, 0.2) is 66.9 Å². The van der Waals surface area contributed by atoms with E-state index in [9.17, 15) is 0 Å². The van der Waals surface area contributed by atoms with Crippen molar-refractivity contribution in [3.63, 3.8) is 0 Å². The van der Waals surface area contributed by atoms with Gasteiger partial charge in [-0.2, -0.15) is 0 Å². The highest BCUT2D eigenvalue weighted by Crippen LogP contribution is 2.36. The number of hydrogen-bond donors (Lipinski definition) is 3. The van der Waals surface area contributed by atoms with Gasteiger partial charge >= 0.3 is 0 Å². The molecule has 148 valence electrons. The van der Waals surface area contributed by atoms with Crippen LogP contribution in [0.3, 0.4) is 0 Å². The van der Waals surface area contributed by atoms with E-state index in [1.165, 1.54) is 24.0 Å². The van der Waals surface area contributed by atoms with Gasteiger partial charge in [0.15, 0.2) is 5.82 Å². The molecule has 3 heterocycles. The summed E-state index contributed by atoms with van der Waals surface area (Å²) in [5, 5.41) is 10.5. The average molecular weight is 386 g/mol. The number of benzene rings is 2. The van der Waals surface area contributed by atoms with Crippen molar-refractivity contribution in [2.75, 3.05) is 23.7 Å². The van der Waals surface area contributed by atoms with Crippen LogP contribution in [0.1, 0.15) is 41.6 Å². The van der Waals surface area contributed by atoms with Gasteiger partial charge in [-0.3, -0.25) is 0 Å². The first kappa shape index (κ1) is 18.0. The minimum absolute atomic E-state index is 0.0462. The van der Waals surface area contributed by atoms with Crippen molar-refractivity contribution in [1.82, 2.24) is 10.3 Å². The van der Waals surface area contributed by atoms with Gasteiger partial charge in [-0.25, -0.2) is 4.98 Å². The van der Waals surface area contributed by atoms with Crippen LogP contribution < -0.4 is 20.7 Å². The molecule has 29 heavy (non-hydrogen) atoms. The number of rotatable bonds is 5. The molecule has 1 atom stereocenters. The Bertz CT molecular complexity index is 952. The SMILES string of the molecule is c1ccc(OCc2ccc(C3Nc4cc(C5CCNCC5)cnc4N3)cc2)cc1. The van der Waals surface area contributed by atoms with Gasteiger partial charge in [0, 0.05) is 6.20 Å². The molecular weight excluding hydrogens is 360 g/mol. The maximum Gasteiger partial charge on any atom is 0.151 e. The van der Waals surface area contributed by atoms with Gasteiger partial charge in [0.1, 0.15) is 18.5 Å². The number of aromatic nitrogens is 1. The highest BCUT2D eigenvalue weighted by molar-refractivity contribution is 5.72. The smallest absolute Gasteiger partial charge is 0.151 e. The second-order valence-corrected chi connectivity index (χ2v) is 7.75. The lowest BCUT2D eigenvalue weighted by molar-refractivity contribution is 0.306. The summed E-state index contributed by atoms with van der Waals surface area (Å²) in [5.74, 6) is 2.43. The minimum Gasteiger partial charge on any atom is -0.489 e. The van der Waals surface area contributed by atoms with Crippen LogP contribution in [0.5, 0.6) is 5.75 Å². The zero-order valence-electron chi connectivity index (χ0n) is 16.4. The molecule has 1 aromatic heterocycles. The van der Waals surface area contributed by atoms with Crippen molar-refractivity contribution in [1.29, 1.82) is 0 Å². The van der Waals surface area contributed by atoms with Gasteiger partial charge in [-0.05, 0) is 66.7 Å². The highest BCUT2D eigenvalue weighted by atomic mass is 16.5. The van der Waals surface area contributed by atoms with E-state index >= 15 is 0 Å². The molecule has 5 rings (SSSR count). The molecule has 3 N–H and O–H groups in total. The zero-order valence-corrected chi connectivity index (χ0v) is 16.4. The molecule has 1 unspecified atom stereocenters. The summed E-state index contributed by atoms with van der Waals surface area (Å²) in [4.78, 5) is 4.68. The molecule has 2 aromatic carbocycles. The highest BCUT2D eigenvalue weighted by Gasteiger charge is 2.24. The number of pyridine rings is 1. The Morgan fingerprint density at radius 1 is 0.897 bits per heavy atom. The van der Waals surface area contributed by atoms with E-state index in [1.54, 1.807) is 0 Å². The van der Waals surface area contributed by atoms with Crippen molar-refractivity contribution >= 4 is 11.5 Å². The number of anilines is 2. The molecule has 5 nitrogen and oxygen atoms in total. The summed E-state index contributed by atoms with van der Waals surface area (Å²) in [6, 6.07) is 20.7. The summed E-state index contributed by atoms with van der Waals surface area (Å²) in [5.41, 5.74) is 4.78. The van der Waals surface area contributed by atoms with Gasteiger partial charge in [-0.15, -0.1) is 0 Å². The number of piperidine rings is 1. The number of para-hydroxylation sites is 1. The first-order valence-corrected chi connectivity index (χ1v) is 10.4. The number of ether oxygens (including phenoxy) is 1. The minimum atomic E-state index is 0.0462. The number of hydrogen-bond acceptors (Lipinski definition) is 5. The van der Waals surface area contributed by atoms with Crippen LogP contribution in [-0.2, 0) is 6.61 Å². The maximum absolute atomic E-state index is 5.83. The summed E-state index contributed by atoms with van der Waals surface area (Å²) < 4.78 is 5.83. The second-order valence-electron chi connectivity index (χ2n) is 7.75. The third-order valence-electron chi connectivity index (χ3n) is 5.76. The van der Waals surface area contributed by atoms with Crippen LogP contribution in [0.2, 0.25) is 0 Å². The van der Waals surface area contributed by atoms with E-state index < -0.39 is 0 Å². The Labute approximate surface area is 171 Å². The van der Waals surface area contributed by atoms with Crippen molar-refractivity contribution < 1.29 is 4.74 Å². The molecule has 3 aromatic rings. The summed E-state index contributed by atoms with van der Waals surface area (Å²) in [7, 11) is 0. The van der Waals surface area contributed by atoms with Gasteiger partial charge < -0.3 is 20.7 Å². The summed E-state index contributed by atoms with van der Waals surface area (Å²) >= 11 is 0. The van der Waals surface area contributed by atoms with Gasteiger partial charge in [0.05, 0.1) is 5.69 Å². The van der Waals surface area contributed by atoms with E-state index in [1.807, 2.05) is 36.5 Å². The van der Waals surface area contributed by atoms with Crippen molar-refractivity contribution in [2.24, 2.45) is 0 Å². The first-order valence-electron chi connectivity index (χ1n) is 10.4. The number of nitrogens with one attached hydrogen (secondary N) is 3. The predicted octanol–water partition coefficient (Wildman–Crippen LogP) is 4.66. The maximum atomic E-state index is 5.83. The van der Waals surface area contributed by atoms with E-state index in [4.69, 9.17) is 4.74 Å². The fourth-order valence-electron chi connectivity index (χ4n) is 4.07. The zero-order chi connectivity index (χ0) is 19.5. The van der Waals surface area contributed by atoms with Crippen LogP contribution in [0.25, 0.3) is 0 Å². The lowest BCUT2D eigenvalue weighted by Crippen LogP contribution is -2.26. The van der Waals surface area contributed by atoms with Gasteiger partial charge in [-0.1, -0.05) is 42.5 Å². The molecule has 0 amide bonds. The Morgan fingerprint density at radius 3 is 2.48 bits per heavy atom. The Kier molecular flexibility index (Phi) is 5.05. The summed E-state index contributed by atoms with van der Waals surface area (Å²) in [6.45, 7) is 2.75. The molecule has 0 radical (unpaired) electrons. The number of fused-ring (bicyclic) bond motifs is 1. The fourth-order valence-corrected chi connectivity index (χ4v) is 4.07. The first-order chi connectivity index (χ1) is 14.3. The Balaban J connectivity index is 1.23. The van der Waals surface area contributed by atoms with E-state index in [0.29, 0.717) is 12.5 Å². The molecule has 0 saturated carbocycles. The lowest BCUT2D eigenvalue weighted by Gasteiger charge is -2.22. The van der Waals surface area contributed by atoms with E-state index in [-0.39, 0.29) is 6.17 Å². The van der Waals surface area contributed by atoms with Crippen molar-refractivity contribution in [2.45, 2.75) is 31.5 Å². The molecular formula is C24H26N4O. The third-order valence-corrected chi connectivity index (χ3v) is 5.76. The van der Waals surface area contributed by atoms with Crippen molar-refractivity contribution in [3.8, 4) is 5.75 Å². The molecule has 5 heteroatoms. The van der Waals surface area contributed by atoms with E-state index in [2.05, 4.69) is 51.3 Å². The molecule has 2 aliphatic rings. The van der Waals surface area contributed by atoms with Crippen LogP contribution in [0, 0.1) is 0 Å². The molecule has 2 aliphatic heterocycles. The van der Waals surface area contributed by atoms with Crippen molar-refractivity contribution in [3.05, 3.63) is 83.6 Å². The summed E-state index contributed by atoms with van der Waals surface area (Å²) in [6.07, 6.45) is 4.45. The topological polar surface area (TPSA) is 58.2 Å². The Hall–Kier alpha value is -3.05. The average Bonchev–Trinajstić information content (AvgIpc) is 3.23. The van der Waals surface area contributed by atoms with Crippen LogP contribution >= 0.6 is 0 Å². The molecule has 0 aliphatic carbocycles. The van der Waals surface area contributed by atoms with Gasteiger partial charge in [0.2, 0.25) is 0 Å².